The Hall–Kier alpha value is -1.69. The SMILES string of the molecule is COc1ccccc1C1SCC(=O)N1[C@@H](CC(C)C)C(=O)O. The predicted molar refractivity (Wildman–Crippen MR) is 85.9 cm³/mol. The van der Waals surface area contributed by atoms with Crippen LogP contribution >= 0.6 is 11.8 Å². The van der Waals surface area contributed by atoms with Crippen molar-refractivity contribution in [1.82, 2.24) is 4.90 Å². The van der Waals surface area contributed by atoms with E-state index in [2.05, 4.69) is 0 Å². The van der Waals surface area contributed by atoms with Gasteiger partial charge in [0.05, 0.1) is 12.9 Å². The molecule has 1 aliphatic rings. The third-order valence-electron chi connectivity index (χ3n) is 3.63. The number of thioether (sulfide) groups is 1. The maximum absolute atomic E-state index is 12.3. The number of carboxylic acid groups (broad SMARTS) is 1. The van der Waals surface area contributed by atoms with Crippen molar-refractivity contribution in [3.63, 3.8) is 0 Å². The van der Waals surface area contributed by atoms with Gasteiger partial charge in [-0.05, 0) is 18.4 Å². The molecule has 120 valence electrons. The Bertz CT molecular complexity index is 561. The smallest absolute Gasteiger partial charge is 0.326 e. The van der Waals surface area contributed by atoms with Crippen molar-refractivity contribution < 1.29 is 19.4 Å². The number of methoxy groups -OCH3 is 1. The van der Waals surface area contributed by atoms with Crippen LogP contribution in [0.1, 0.15) is 31.2 Å². The molecule has 1 heterocycles. The van der Waals surface area contributed by atoms with Gasteiger partial charge in [0.15, 0.2) is 0 Å². The second-order valence-corrected chi connectivity index (χ2v) is 6.76. The predicted octanol–water partition coefficient (Wildman–Crippen LogP) is 2.77. The molecule has 2 atom stereocenters. The fourth-order valence-corrected chi connectivity index (χ4v) is 3.91. The molecule has 0 spiro atoms. The van der Waals surface area contributed by atoms with Crippen molar-refractivity contribution >= 4 is 23.6 Å². The first kappa shape index (κ1) is 16.7. The molecule has 0 radical (unpaired) electrons. The highest BCUT2D eigenvalue weighted by Gasteiger charge is 2.42. The average Bonchev–Trinajstić information content (AvgIpc) is 2.85. The Labute approximate surface area is 134 Å². The maximum Gasteiger partial charge on any atom is 0.326 e. The highest BCUT2D eigenvalue weighted by molar-refractivity contribution is 8.00. The van der Waals surface area contributed by atoms with Gasteiger partial charge in [-0.3, -0.25) is 4.79 Å². The second-order valence-electron chi connectivity index (χ2n) is 5.69. The quantitative estimate of drug-likeness (QED) is 0.872. The summed E-state index contributed by atoms with van der Waals surface area (Å²) in [6.07, 6.45) is 0.438. The van der Waals surface area contributed by atoms with E-state index in [0.717, 1.165) is 5.56 Å². The zero-order valence-corrected chi connectivity index (χ0v) is 13.8. The van der Waals surface area contributed by atoms with E-state index in [1.165, 1.54) is 16.7 Å². The molecule has 1 aromatic rings. The molecule has 1 N–H and O–H groups in total. The Morgan fingerprint density at radius 3 is 2.73 bits per heavy atom. The fraction of sp³-hybridized carbons (Fsp3) is 0.500. The molecule has 2 rings (SSSR count). The van der Waals surface area contributed by atoms with Crippen molar-refractivity contribution in [2.45, 2.75) is 31.7 Å². The van der Waals surface area contributed by atoms with Crippen LogP contribution in [-0.2, 0) is 9.59 Å². The Kier molecular flexibility index (Phi) is 5.34. The molecule has 5 nitrogen and oxygen atoms in total. The van der Waals surface area contributed by atoms with Gasteiger partial charge in [-0.25, -0.2) is 4.79 Å². The number of carboxylic acids is 1. The number of carbonyl (C=O) groups is 2. The van der Waals surface area contributed by atoms with Gasteiger partial charge in [0.1, 0.15) is 17.2 Å². The summed E-state index contributed by atoms with van der Waals surface area (Å²) in [6.45, 7) is 3.92. The first-order valence-electron chi connectivity index (χ1n) is 7.24. The van der Waals surface area contributed by atoms with Crippen LogP contribution in [0.15, 0.2) is 24.3 Å². The minimum absolute atomic E-state index is 0.131. The summed E-state index contributed by atoms with van der Waals surface area (Å²) < 4.78 is 5.36. The van der Waals surface area contributed by atoms with Crippen molar-refractivity contribution in [3.8, 4) is 5.75 Å². The van der Waals surface area contributed by atoms with Crippen LogP contribution in [0.5, 0.6) is 5.75 Å². The second kappa shape index (κ2) is 7.05. The molecule has 0 aliphatic carbocycles. The number of ether oxygens (including phenoxy) is 1. The molecule has 1 fully saturated rings. The van der Waals surface area contributed by atoms with Crippen LogP contribution < -0.4 is 4.74 Å². The molecular formula is C16H21NO4S. The molecule has 1 amide bonds. The first-order valence-corrected chi connectivity index (χ1v) is 8.29. The van der Waals surface area contributed by atoms with Gasteiger partial charge in [0, 0.05) is 5.56 Å². The van der Waals surface area contributed by atoms with Crippen molar-refractivity contribution in [2.75, 3.05) is 12.9 Å². The lowest BCUT2D eigenvalue weighted by atomic mass is 10.0. The molecule has 22 heavy (non-hydrogen) atoms. The van der Waals surface area contributed by atoms with E-state index < -0.39 is 12.0 Å². The summed E-state index contributed by atoms with van der Waals surface area (Å²) in [4.78, 5) is 25.5. The van der Waals surface area contributed by atoms with Crippen LogP contribution in [-0.4, -0.2) is 40.8 Å². The zero-order chi connectivity index (χ0) is 16.3. The number of carbonyl (C=O) groups excluding carboxylic acids is 1. The summed E-state index contributed by atoms with van der Waals surface area (Å²) in [7, 11) is 1.58. The van der Waals surface area contributed by atoms with Gasteiger partial charge < -0.3 is 14.7 Å². The van der Waals surface area contributed by atoms with Gasteiger partial charge in [-0.1, -0.05) is 32.0 Å². The summed E-state index contributed by atoms with van der Waals surface area (Å²) in [5.74, 6) is 0.0783. The topological polar surface area (TPSA) is 66.8 Å². The standard InChI is InChI=1S/C16H21NO4S/c1-10(2)8-12(16(19)20)17-14(18)9-22-15(17)11-6-4-5-7-13(11)21-3/h4-7,10,12,15H,8-9H2,1-3H3,(H,19,20)/t12-,15?/m0/s1. The van der Waals surface area contributed by atoms with Gasteiger partial charge in [0.2, 0.25) is 5.91 Å². The molecule has 1 aromatic carbocycles. The van der Waals surface area contributed by atoms with Crippen LogP contribution in [0.2, 0.25) is 0 Å². The van der Waals surface area contributed by atoms with Crippen LogP contribution in [0.3, 0.4) is 0 Å². The van der Waals surface area contributed by atoms with E-state index in [9.17, 15) is 14.7 Å². The van der Waals surface area contributed by atoms with E-state index in [4.69, 9.17) is 4.74 Å². The molecule has 1 saturated heterocycles. The molecular weight excluding hydrogens is 302 g/mol. The Morgan fingerprint density at radius 2 is 2.14 bits per heavy atom. The highest BCUT2D eigenvalue weighted by Crippen LogP contribution is 2.44. The largest absolute Gasteiger partial charge is 0.496 e. The van der Waals surface area contributed by atoms with Gasteiger partial charge in [-0.15, -0.1) is 11.8 Å². The van der Waals surface area contributed by atoms with Gasteiger partial charge >= 0.3 is 5.97 Å². The third-order valence-corrected chi connectivity index (χ3v) is 4.84. The normalized spacial score (nSPS) is 19.5. The fourth-order valence-electron chi connectivity index (χ4n) is 2.66. The van der Waals surface area contributed by atoms with Crippen molar-refractivity contribution in [3.05, 3.63) is 29.8 Å². The summed E-state index contributed by atoms with van der Waals surface area (Å²) in [6, 6.07) is 6.64. The number of rotatable bonds is 6. The van der Waals surface area contributed by atoms with Crippen molar-refractivity contribution in [1.29, 1.82) is 0 Å². The van der Waals surface area contributed by atoms with Gasteiger partial charge in [-0.2, -0.15) is 0 Å². The zero-order valence-electron chi connectivity index (χ0n) is 13.0. The Balaban J connectivity index is 2.38. The number of amides is 1. The first-order chi connectivity index (χ1) is 10.5. The summed E-state index contributed by atoms with van der Waals surface area (Å²) >= 11 is 1.45. The number of hydrogen-bond donors (Lipinski definition) is 1. The molecule has 6 heteroatoms. The average molecular weight is 323 g/mol. The number of para-hydroxylation sites is 1. The van der Waals surface area contributed by atoms with E-state index in [-0.39, 0.29) is 17.2 Å². The summed E-state index contributed by atoms with van der Waals surface area (Å²) in [5.41, 5.74) is 0.843. The number of benzene rings is 1. The van der Waals surface area contributed by atoms with E-state index >= 15 is 0 Å². The van der Waals surface area contributed by atoms with E-state index in [1.54, 1.807) is 7.11 Å². The van der Waals surface area contributed by atoms with Gasteiger partial charge in [0.25, 0.3) is 0 Å². The highest BCUT2D eigenvalue weighted by atomic mass is 32.2. The summed E-state index contributed by atoms with van der Waals surface area (Å²) in [5, 5.41) is 9.24. The monoisotopic (exact) mass is 323 g/mol. The van der Waals surface area contributed by atoms with E-state index in [0.29, 0.717) is 17.9 Å². The Morgan fingerprint density at radius 1 is 1.45 bits per heavy atom. The lowest BCUT2D eigenvalue weighted by Gasteiger charge is -2.31. The number of nitrogens with zero attached hydrogens (tertiary/aromatic N) is 1. The van der Waals surface area contributed by atoms with Crippen LogP contribution in [0, 0.1) is 5.92 Å². The third kappa shape index (κ3) is 3.38. The number of aliphatic carboxylic acids is 1. The maximum atomic E-state index is 12.3. The minimum Gasteiger partial charge on any atom is -0.496 e. The van der Waals surface area contributed by atoms with E-state index in [1.807, 2.05) is 38.1 Å². The number of hydrogen-bond acceptors (Lipinski definition) is 4. The van der Waals surface area contributed by atoms with Crippen LogP contribution in [0.4, 0.5) is 0 Å². The molecule has 0 aromatic heterocycles. The lowest BCUT2D eigenvalue weighted by molar-refractivity contribution is -0.150. The van der Waals surface area contributed by atoms with Crippen LogP contribution in [0.25, 0.3) is 0 Å². The molecule has 1 unspecified atom stereocenters. The lowest BCUT2D eigenvalue weighted by Crippen LogP contribution is -2.44. The minimum atomic E-state index is -0.954. The molecule has 1 aliphatic heterocycles. The molecule has 0 saturated carbocycles. The molecule has 0 bridgehead atoms. The van der Waals surface area contributed by atoms with Crippen molar-refractivity contribution in [2.24, 2.45) is 5.92 Å².